The van der Waals surface area contributed by atoms with Crippen molar-refractivity contribution in [3.8, 4) is 0 Å². The van der Waals surface area contributed by atoms with Crippen molar-refractivity contribution in [3.63, 3.8) is 0 Å². The minimum Gasteiger partial charge on any atom is -0.454 e. The first-order valence-corrected chi connectivity index (χ1v) is 12.4. The number of fused-ring (bicyclic) bond motifs is 4. The predicted molar refractivity (Wildman–Crippen MR) is 158 cm³/mol. The number of hydrogen-bond acceptors (Lipinski definition) is 2. The molecule has 0 atom stereocenters. The number of allylic oxidation sites excluding steroid dienone is 1. The summed E-state index contributed by atoms with van der Waals surface area (Å²) in [6, 6.07) is 35.6. The Bertz CT molecular complexity index is 1870. The summed E-state index contributed by atoms with van der Waals surface area (Å²) in [6.07, 6.45) is 0. The van der Waals surface area contributed by atoms with E-state index in [0.29, 0.717) is 5.70 Å². The van der Waals surface area contributed by atoms with E-state index >= 15 is 0 Å². The first-order valence-electron chi connectivity index (χ1n) is 12.4. The third-order valence-electron chi connectivity index (χ3n) is 7.04. The second kappa shape index (κ2) is 9.07. The van der Waals surface area contributed by atoms with Crippen molar-refractivity contribution in [3.05, 3.63) is 144 Å². The molecule has 0 amide bonds. The normalized spacial score (nSPS) is 11.9. The van der Waals surface area contributed by atoms with Gasteiger partial charge in [-0.05, 0) is 53.1 Å². The number of nitrogens with zero attached hydrogens (tertiary/aromatic N) is 1. The fourth-order valence-electron chi connectivity index (χ4n) is 5.05. The van der Waals surface area contributed by atoms with Gasteiger partial charge in [-0.15, -0.1) is 0 Å². The Morgan fingerprint density at radius 1 is 0.676 bits per heavy atom. The van der Waals surface area contributed by atoms with Gasteiger partial charge < -0.3 is 4.42 Å². The summed E-state index contributed by atoms with van der Waals surface area (Å²) < 4.78 is 6.40. The summed E-state index contributed by atoms with van der Waals surface area (Å²) in [5.41, 5.74) is 7.49. The van der Waals surface area contributed by atoms with Crippen LogP contribution in [-0.2, 0) is 0 Å². The molecule has 6 aromatic rings. The highest BCUT2D eigenvalue weighted by Crippen LogP contribution is 2.34. The second-order valence-electron chi connectivity index (χ2n) is 9.51. The van der Waals surface area contributed by atoms with Gasteiger partial charge in [0.2, 0.25) is 0 Å². The van der Waals surface area contributed by atoms with Crippen LogP contribution in [0, 0.1) is 6.92 Å². The maximum atomic E-state index is 6.40. The molecule has 2 nitrogen and oxygen atoms in total. The lowest BCUT2D eigenvalue weighted by atomic mass is 9.95. The molecule has 0 unspecified atom stereocenters. The van der Waals surface area contributed by atoms with Crippen LogP contribution in [0.3, 0.4) is 0 Å². The summed E-state index contributed by atoms with van der Waals surface area (Å²) in [6.45, 7) is 12.6. The Morgan fingerprint density at radius 2 is 1.27 bits per heavy atom. The van der Waals surface area contributed by atoms with E-state index in [1.807, 2.05) is 25.1 Å². The molecule has 0 saturated carbocycles. The smallest absolute Gasteiger partial charge is 0.157 e. The van der Waals surface area contributed by atoms with Gasteiger partial charge in [0, 0.05) is 22.1 Å². The van der Waals surface area contributed by atoms with Gasteiger partial charge in [-0.3, -0.25) is 0 Å². The zero-order chi connectivity index (χ0) is 25.5. The number of aliphatic imine (C=N–C) groups is 1. The summed E-state index contributed by atoms with van der Waals surface area (Å²) in [4.78, 5) is 5.18. The maximum Gasteiger partial charge on any atom is 0.157 e. The first-order chi connectivity index (χ1) is 18.0. The standard InChI is InChI=1S/C35H27NO/c1-22(2)25-17-19-26(20-18-25)34(35-23(3)28-12-9-10-16-33(28)37-35)36-24(4)32-21-27-11-5-6-13-29(27)30-14-7-8-15-31(30)32/h5-21H,1,4H2,2-3H3. The topological polar surface area (TPSA) is 25.5 Å². The Hall–Kier alpha value is -4.69. The minimum absolute atomic E-state index is 0.695. The molecular formula is C35H27NO. The van der Waals surface area contributed by atoms with Crippen molar-refractivity contribution in [2.24, 2.45) is 4.99 Å². The Labute approximate surface area is 216 Å². The van der Waals surface area contributed by atoms with Crippen LogP contribution in [0.4, 0.5) is 0 Å². The third kappa shape index (κ3) is 3.97. The number of hydrogen-bond donors (Lipinski definition) is 0. The Balaban J connectivity index is 1.58. The lowest BCUT2D eigenvalue weighted by Crippen LogP contribution is -2.05. The molecule has 37 heavy (non-hydrogen) atoms. The summed E-state index contributed by atoms with van der Waals surface area (Å²) in [5, 5.41) is 5.81. The van der Waals surface area contributed by atoms with Crippen molar-refractivity contribution in [2.45, 2.75) is 13.8 Å². The number of aryl methyl sites for hydroxylation is 1. The quantitative estimate of drug-likeness (QED) is 0.179. The van der Waals surface area contributed by atoms with Crippen molar-refractivity contribution >= 4 is 49.5 Å². The fourth-order valence-corrected chi connectivity index (χ4v) is 5.05. The summed E-state index contributed by atoms with van der Waals surface area (Å²) in [5.74, 6) is 0.760. The van der Waals surface area contributed by atoms with Crippen LogP contribution in [0.15, 0.2) is 126 Å². The highest BCUT2D eigenvalue weighted by molar-refractivity contribution is 6.17. The largest absolute Gasteiger partial charge is 0.454 e. The lowest BCUT2D eigenvalue weighted by molar-refractivity contribution is 0.602. The van der Waals surface area contributed by atoms with Gasteiger partial charge in [0.05, 0.1) is 5.70 Å². The van der Waals surface area contributed by atoms with Crippen LogP contribution in [0.25, 0.3) is 43.8 Å². The molecule has 0 spiro atoms. The van der Waals surface area contributed by atoms with Crippen LogP contribution >= 0.6 is 0 Å². The van der Waals surface area contributed by atoms with E-state index in [4.69, 9.17) is 9.41 Å². The highest BCUT2D eigenvalue weighted by atomic mass is 16.3. The van der Waals surface area contributed by atoms with Gasteiger partial charge >= 0.3 is 0 Å². The van der Waals surface area contributed by atoms with E-state index in [2.05, 4.69) is 105 Å². The molecule has 1 heterocycles. The molecule has 0 saturated heterocycles. The molecule has 0 bridgehead atoms. The molecule has 0 aliphatic heterocycles. The zero-order valence-electron chi connectivity index (χ0n) is 21.1. The van der Waals surface area contributed by atoms with Crippen molar-refractivity contribution in [1.82, 2.24) is 0 Å². The molecule has 1 aromatic heterocycles. The van der Waals surface area contributed by atoms with E-state index in [0.717, 1.165) is 55.7 Å². The second-order valence-corrected chi connectivity index (χ2v) is 9.51. The molecule has 0 fully saturated rings. The Morgan fingerprint density at radius 3 is 1.97 bits per heavy atom. The average Bonchev–Trinajstić information content (AvgIpc) is 3.27. The van der Waals surface area contributed by atoms with Crippen molar-refractivity contribution < 1.29 is 4.42 Å². The van der Waals surface area contributed by atoms with Crippen molar-refractivity contribution in [1.29, 1.82) is 0 Å². The predicted octanol–water partition coefficient (Wildman–Crippen LogP) is 9.59. The molecule has 0 aliphatic rings. The molecule has 0 radical (unpaired) electrons. The average molecular weight is 478 g/mol. The molecule has 5 aromatic carbocycles. The van der Waals surface area contributed by atoms with Gasteiger partial charge in [-0.1, -0.05) is 110 Å². The van der Waals surface area contributed by atoms with Crippen molar-refractivity contribution in [2.75, 3.05) is 0 Å². The Kier molecular flexibility index (Phi) is 5.58. The molecule has 6 rings (SSSR count). The van der Waals surface area contributed by atoms with Crippen LogP contribution in [-0.4, -0.2) is 5.71 Å². The first kappa shape index (κ1) is 22.8. The highest BCUT2D eigenvalue weighted by Gasteiger charge is 2.19. The maximum absolute atomic E-state index is 6.40. The van der Waals surface area contributed by atoms with E-state index in [9.17, 15) is 0 Å². The van der Waals surface area contributed by atoms with E-state index in [1.54, 1.807) is 0 Å². The molecule has 178 valence electrons. The van der Waals surface area contributed by atoms with Crippen LogP contribution < -0.4 is 0 Å². The third-order valence-corrected chi connectivity index (χ3v) is 7.04. The molecular weight excluding hydrogens is 450 g/mol. The number of para-hydroxylation sites is 1. The van der Waals surface area contributed by atoms with Gasteiger partial charge in [-0.2, -0.15) is 0 Å². The van der Waals surface area contributed by atoms with Crippen LogP contribution in [0.1, 0.15) is 34.9 Å². The minimum atomic E-state index is 0.695. The lowest BCUT2D eigenvalue weighted by Gasteiger charge is -2.13. The monoisotopic (exact) mass is 477 g/mol. The SMILES string of the molecule is C=C(C)c1ccc(C(=NC(=C)c2cc3ccccc3c3ccccc23)c2oc3ccccc3c2C)cc1. The van der Waals surface area contributed by atoms with Crippen LogP contribution in [0.2, 0.25) is 0 Å². The summed E-state index contributed by atoms with van der Waals surface area (Å²) >= 11 is 0. The zero-order valence-corrected chi connectivity index (χ0v) is 21.1. The van der Waals surface area contributed by atoms with Gasteiger partial charge in [0.15, 0.2) is 5.76 Å². The number of furan rings is 1. The molecule has 0 aliphatic carbocycles. The number of rotatable bonds is 5. The van der Waals surface area contributed by atoms with Gasteiger partial charge in [0.25, 0.3) is 0 Å². The fraction of sp³-hybridized carbons (Fsp3) is 0.0571. The van der Waals surface area contributed by atoms with E-state index in [-0.39, 0.29) is 0 Å². The number of benzene rings is 5. The van der Waals surface area contributed by atoms with Gasteiger partial charge in [-0.25, -0.2) is 4.99 Å². The summed E-state index contributed by atoms with van der Waals surface area (Å²) in [7, 11) is 0. The van der Waals surface area contributed by atoms with E-state index < -0.39 is 0 Å². The molecule has 2 heteroatoms. The van der Waals surface area contributed by atoms with E-state index in [1.165, 1.54) is 16.2 Å². The van der Waals surface area contributed by atoms with Gasteiger partial charge in [0.1, 0.15) is 11.3 Å². The molecule has 0 N–H and O–H groups in total. The van der Waals surface area contributed by atoms with Crippen LogP contribution in [0.5, 0.6) is 0 Å².